The topological polar surface area (TPSA) is 48.5 Å². The van der Waals surface area contributed by atoms with Crippen LogP contribution in [0.25, 0.3) is 0 Å². The average molecular weight is 349 g/mol. The van der Waals surface area contributed by atoms with Crippen molar-refractivity contribution in [2.45, 2.75) is 57.4 Å². The van der Waals surface area contributed by atoms with E-state index in [0.717, 1.165) is 42.8 Å². The van der Waals surface area contributed by atoms with Crippen LogP contribution in [0.3, 0.4) is 0 Å². The van der Waals surface area contributed by atoms with Crippen molar-refractivity contribution in [1.29, 1.82) is 0 Å². The van der Waals surface area contributed by atoms with Crippen LogP contribution in [0.1, 0.15) is 50.6 Å². The molecule has 2 saturated heterocycles. The van der Waals surface area contributed by atoms with Crippen LogP contribution >= 0.6 is 11.3 Å². The van der Waals surface area contributed by atoms with Crippen molar-refractivity contribution in [2.24, 2.45) is 5.92 Å². The Bertz CT molecular complexity index is 569. The van der Waals surface area contributed by atoms with Gasteiger partial charge < -0.3 is 15.1 Å². The second-order valence-electron chi connectivity index (χ2n) is 7.39. The van der Waals surface area contributed by atoms with Crippen LogP contribution in [0, 0.1) is 5.92 Å². The first-order valence-corrected chi connectivity index (χ1v) is 10.4. The van der Waals surface area contributed by atoms with E-state index < -0.39 is 0 Å². The number of thiazole rings is 1. The lowest BCUT2D eigenvalue weighted by atomic mass is 9.85. The van der Waals surface area contributed by atoms with Crippen molar-refractivity contribution >= 4 is 22.5 Å². The number of urea groups is 1. The molecule has 2 atom stereocenters. The summed E-state index contributed by atoms with van der Waals surface area (Å²) in [5, 5.41) is 6.42. The number of rotatable bonds is 4. The Morgan fingerprint density at radius 3 is 2.88 bits per heavy atom. The molecule has 0 radical (unpaired) electrons. The highest BCUT2D eigenvalue weighted by Gasteiger charge is 2.37. The summed E-state index contributed by atoms with van der Waals surface area (Å²) >= 11 is 1.74. The first-order valence-electron chi connectivity index (χ1n) is 9.55. The van der Waals surface area contributed by atoms with Gasteiger partial charge in [0.2, 0.25) is 0 Å². The van der Waals surface area contributed by atoms with Crippen molar-refractivity contribution in [1.82, 2.24) is 15.2 Å². The monoisotopic (exact) mass is 348 g/mol. The Balaban J connectivity index is 1.24. The Morgan fingerprint density at radius 1 is 1.17 bits per heavy atom. The summed E-state index contributed by atoms with van der Waals surface area (Å²) in [6.45, 7) is 3.91. The summed E-state index contributed by atoms with van der Waals surface area (Å²) in [6, 6.07) is 0.638. The number of amides is 2. The van der Waals surface area contributed by atoms with Gasteiger partial charge >= 0.3 is 6.03 Å². The molecule has 1 aromatic rings. The second kappa shape index (κ2) is 7.30. The fraction of sp³-hybridized carbons (Fsp3) is 0.778. The summed E-state index contributed by atoms with van der Waals surface area (Å²) in [5.74, 6) is 0.756. The molecule has 3 heterocycles. The quantitative estimate of drug-likeness (QED) is 0.908. The molecule has 2 aliphatic heterocycles. The zero-order valence-corrected chi connectivity index (χ0v) is 15.2. The molecule has 3 aliphatic rings. The van der Waals surface area contributed by atoms with Crippen molar-refractivity contribution in [3.05, 3.63) is 11.1 Å². The van der Waals surface area contributed by atoms with E-state index in [0.29, 0.717) is 12.6 Å². The van der Waals surface area contributed by atoms with Crippen LogP contribution in [-0.4, -0.2) is 48.1 Å². The minimum atomic E-state index is 0.138. The molecule has 1 N–H and O–H groups in total. The number of anilines is 1. The molecule has 0 aromatic carbocycles. The van der Waals surface area contributed by atoms with Crippen LogP contribution in [0.5, 0.6) is 0 Å². The molecule has 132 valence electrons. The Morgan fingerprint density at radius 2 is 2.00 bits per heavy atom. The molecule has 0 bridgehead atoms. The predicted molar refractivity (Wildman–Crippen MR) is 97.7 cm³/mol. The van der Waals surface area contributed by atoms with Crippen molar-refractivity contribution in [3.8, 4) is 0 Å². The van der Waals surface area contributed by atoms with E-state index in [-0.39, 0.29) is 6.03 Å². The van der Waals surface area contributed by atoms with E-state index in [4.69, 9.17) is 4.98 Å². The molecular formula is C18H28N4OS. The zero-order valence-electron chi connectivity index (χ0n) is 14.4. The van der Waals surface area contributed by atoms with E-state index in [1.54, 1.807) is 11.3 Å². The maximum Gasteiger partial charge on any atom is 0.317 e. The number of likely N-dealkylation sites (tertiary alicyclic amines) is 1. The second-order valence-corrected chi connectivity index (χ2v) is 8.23. The molecular weight excluding hydrogens is 320 g/mol. The summed E-state index contributed by atoms with van der Waals surface area (Å²) in [5.41, 5.74) is 1.11. The van der Waals surface area contributed by atoms with Gasteiger partial charge in [-0.1, -0.05) is 12.8 Å². The first-order chi connectivity index (χ1) is 11.8. The minimum absolute atomic E-state index is 0.138. The van der Waals surface area contributed by atoms with Gasteiger partial charge in [-0.15, -0.1) is 11.3 Å². The number of fused-ring (bicyclic) bond motifs is 1. The predicted octanol–water partition coefficient (Wildman–Crippen LogP) is 3.26. The van der Waals surface area contributed by atoms with Crippen LogP contribution in [-0.2, 0) is 6.42 Å². The van der Waals surface area contributed by atoms with Gasteiger partial charge in [-0.05, 0) is 38.0 Å². The molecule has 0 unspecified atom stereocenters. The van der Waals surface area contributed by atoms with Crippen molar-refractivity contribution in [3.63, 3.8) is 0 Å². The van der Waals surface area contributed by atoms with Crippen LogP contribution < -0.4 is 10.2 Å². The lowest BCUT2D eigenvalue weighted by Gasteiger charge is -2.31. The molecule has 5 nitrogen and oxygen atoms in total. The van der Waals surface area contributed by atoms with Crippen molar-refractivity contribution < 1.29 is 4.79 Å². The third-order valence-corrected chi connectivity index (χ3v) is 6.79. The van der Waals surface area contributed by atoms with E-state index >= 15 is 0 Å². The lowest BCUT2D eigenvalue weighted by molar-refractivity contribution is 0.170. The van der Waals surface area contributed by atoms with Gasteiger partial charge in [-0.3, -0.25) is 0 Å². The molecule has 0 spiro atoms. The van der Waals surface area contributed by atoms with E-state index in [1.165, 1.54) is 44.9 Å². The zero-order chi connectivity index (χ0) is 16.4. The normalized spacial score (nSPS) is 26.7. The van der Waals surface area contributed by atoms with Gasteiger partial charge in [0.1, 0.15) is 0 Å². The van der Waals surface area contributed by atoms with Gasteiger partial charge in [0, 0.05) is 44.0 Å². The fourth-order valence-electron chi connectivity index (χ4n) is 4.52. The van der Waals surface area contributed by atoms with Gasteiger partial charge in [-0.25, -0.2) is 9.78 Å². The highest BCUT2D eigenvalue weighted by Crippen LogP contribution is 2.36. The molecule has 6 heteroatoms. The number of nitrogens with zero attached hydrogens (tertiary/aromatic N) is 3. The Labute approximate surface area is 148 Å². The molecule has 1 aromatic heterocycles. The maximum absolute atomic E-state index is 12.5. The standard InChI is InChI=1S/C18H28N4OS/c23-17(22-12-8-14-5-1-2-6-16(14)22)19-9-7-15-13-24-18(20-15)21-10-3-4-11-21/h13-14,16H,1-12H2,(H,19,23)/t14-,16+/m0/s1. The third kappa shape index (κ3) is 3.39. The smallest absolute Gasteiger partial charge is 0.317 e. The molecule has 24 heavy (non-hydrogen) atoms. The van der Waals surface area contributed by atoms with E-state index in [1.807, 2.05) is 0 Å². The van der Waals surface area contributed by atoms with Gasteiger partial charge in [0.25, 0.3) is 0 Å². The number of carbonyl (C=O) groups is 1. The number of nitrogens with one attached hydrogen (secondary N) is 1. The largest absolute Gasteiger partial charge is 0.348 e. The minimum Gasteiger partial charge on any atom is -0.348 e. The fourth-order valence-corrected chi connectivity index (χ4v) is 5.44. The van der Waals surface area contributed by atoms with Crippen molar-refractivity contribution in [2.75, 3.05) is 31.1 Å². The Hall–Kier alpha value is -1.30. The molecule has 3 fully saturated rings. The van der Waals surface area contributed by atoms with Crippen LogP contribution in [0.15, 0.2) is 5.38 Å². The average Bonchev–Trinajstić information content (AvgIpc) is 3.34. The van der Waals surface area contributed by atoms with Gasteiger partial charge in [-0.2, -0.15) is 0 Å². The van der Waals surface area contributed by atoms with Crippen LogP contribution in [0.2, 0.25) is 0 Å². The summed E-state index contributed by atoms with van der Waals surface area (Å²) < 4.78 is 0. The highest BCUT2D eigenvalue weighted by atomic mass is 32.1. The van der Waals surface area contributed by atoms with E-state index in [2.05, 4.69) is 20.5 Å². The highest BCUT2D eigenvalue weighted by molar-refractivity contribution is 7.13. The van der Waals surface area contributed by atoms with Crippen LogP contribution in [0.4, 0.5) is 9.93 Å². The summed E-state index contributed by atoms with van der Waals surface area (Å²) in [4.78, 5) is 21.7. The third-order valence-electron chi connectivity index (χ3n) is 5.84. The molecule has 1 saturated carbocycles. The molecule has 4 rings (SSSR count). The van der Waals surface area contributed by atoms with Gasteiger partial charge in [0.15, 0.2) is 5.13 Å². The molecule has 2 amide bonds. The lowest BCUT2D eigenvalue weighted by Crippen LogP contribution is -2.45. The maximum atomic E-state index is 12.5. The number of aromatic nitrogens is 1. The number of hydrogen-bond donors (Lipinski definition) is 1. The van der Waals surface area contributed by atoms with E-state index in [9.17, 15) is 4.79 Å². The summed E-state index contributed by atoms with van der Waals surface area (Å²) in [7, 11) is 0. The Kier molecular flexibility index (Phi) is 4.92. The molecule has 1 aliphatic carbocycles. The number of hydrogen-bond acceptors (Lipinski definition) is 4. The van der Waals surface area contributed by atoms with Gasteiger partial charge in [0.05, 0.1) is 5.69 Å². The summed E-state index contributed by atoms with van der Waals surface area (Å²) in [6.07, 6.45) is 9.73. The first kappa shape index (κ1) is 16.2. The SMILES string of the molecule is O=C(NCCc1csc(N2CCCC2)n1)N1CC[C@@H]2CCCC[C@H]21. The number of carbonyl (C=O) groups excluding carboxylic acids is 1.